The Bertz CT molecular complexity index is 442. The quantitative estimate of drug-likeness (QED) is 0.781. The molecule has 6 heteroatoms. The lowest BCUT2D eigenvalue weighted by Gasteiger charge is -2.20. The number of nitrogens with one attached hydrogen (secondary N) is 2. The van der Waals surface area contributed by atoms with Crippen molar-refractivity contribution in [2.75, 3.05) is 31.1 Å². The Morgan fingerprint density at radius 1 is 1.47 bits per heavy atom. The maximum absolute atomic E-state index is 11.5. The molecule has 1 saturated heterocycles. The van der Waals surface area contributed by atoms with Gasteiger partial charge in [-0.05, 0) is 34.5 Å². The number of aliphatic hydroxyl groups is 1. The van der Waals surface area contributed by atoms with Gasteiger partial charge in [0.05, 0.1) is 12.3 Å². The molecule has 19 heavy (non-hydrogen) atoms. The molecular formula is C13H18BrN3O2. The molecule has 1 aromatic rings. The molecule has 0 radical (unpaired) electrons. The summed E-state index contributed by atoms with van der Waals surface area (Å²) in [6, 6.07) is 8.01. The fourth-order valence-corrected chi connectivity index (χ4v) is 2.75. The molecule has 0 spiro atoms. The third-order valence-corrected chi connectivity index (χ3v) is 3.78. The highest BCUT2D eigenvalue weighted by Gasteiger charge is 2.24. The number of hydrogen-bond acceptors (Lipinski definition) is 3. The summed E-state index contributed by atoms with van der Waals surface area (Å²) >= 11 is 3.54. The van der Waals surface area contributed by atoms with E-state index in [0.29, 0.717) is 0 Å². The van der Waals surface area contributed by atoms with E-state index in [1.54, 1.807) is 0 Å². The highest BCUT2D eigenvalue weighted by atomic mass is 79.9. The maximum atomic E-state index is 11.5. The molecule has 0 saturated carbocycles. The summed E-state index contributed by atoms with van der Waals surface area (Å²) in [6.45, 7) is 1.97. The highest BCUT2D eigenvalue weighted by Crippen LogP contribution is 2.28. The molecule has 0 aliphatic carbocycles. The van der Waals surface area contributed by atoms with Crippen molar-refractivity contribution in [3.05, 3.63) is 28.7 Å². The zero-order valence-corrected chi connectivity index (χ0v) is 12.2. The maximum Gasteiger partial charge on any atom is 0.315 e. The van der Waals surface area contributed by atoms with Crippen LogP contribution in [0.5, 0.6) is 0 Å². The minimum Gasteiger partial charge on any atom is -0.395 e. The van der Waals surface area contributed by atoms with Gasteiger partial charge in [0.25, 0.3) is 0 Å². The second kappa shape index (κ2) is 6.77. The number of nitrogens with zero attached hydrogens (tertiary/aromatic N) is 1. The van der Waals surface area contributed by atoms with Crippen molar-refractivity contribution < 1.29 is 9.90 Å². The normalized spacial score (nSPS) is 18.4. The van der Waals surface area contributed by atoms with Gasteiger partial charge in [0, 0.05) is 30.1 Å². The van der Waals surface area contributed by atoms with Crippen LogP contribution >= 0.6 is 15.9 Å². The lowest BCUT2D eigenvalue weighted by molar-refractivity contribution is 0.231. The van der Waals surface area contributed by atoms with Crippen molar-refractivity contribution in [3.8, 4) is 0 Å². The Morgan fingerprint density at radius 3 is 3.00 bits per heavy atom. The summed E-state index contributed by atoms with van der Waals surface area (Å²) in [5.74, 6) is 0. The molecule has 1 aliphatic heterocycles. The van der Waals surface area contributed by atoms with Crippen LogP contribution in [0.15, 0.2) is 28.7 Å². The number of benzene rings is 1. The number of carbonyl (C=O) groups excluding carboxylic acids is 1. The van der Waals surface area contributed by atoms with Gasteiger partial charge in [-0.1, -0.05) is 12.1 Å². The van der Waals surface area contributed by atoms with Crippen LogP contribution < -0.4 is 15.5 Å². The third-order valence-electron chi connectivity index (χ3n) is 3.11. The number of carbonyl (C=O) groups is 1. The standard InChI is InChI=1S/C13H18BrN3O2/c14-11-3-1-2-4-12(11)17-7-5-10(9-17)16-13(19)15-6-8-18/h1-4,10,18H,5-9H2,(H2,15,16,19). The Labute approximate surface area is 121 Å². The number of halogens is 1. The topological polar surface area (TPSA) is 64.6 Å². The van der Waals surface area contributed by atoms with E-state index in [2.05, 4.69) is 37.5 Å². The largest absolute Gasteiger partial charge is 0.395 e. The molecule has 0 aromatic heterocycles. The summed E-state index contributed by atoms with van der Waals surface area (Å²) in [7, 11) is 0. The number of hydrogen-bond donors (Lipinski definition) is 3. The van der Waals surface area contributed by atoms with Gasteiger partial charge in [-0.3, -0.25) is 0 Å². The first-order chi connectivity index (χ1) is 9.20. The van der Waals surface area contributed by atoms with Crippen LogP contribution in [0.1, 0.15) is 6.42 Å². The Morgan fingerprint density at radius 2 is 2.26 bits per heavy atom. The molecule has 1 unspecified atom stereocenters. The summed E-state index contributed by atoms with van der Waals surface area (Å²) in [4.78, 5) is 13.8. The molecule has 2 rings (SSSR count). The predicted octanol–water partition coefficient (Wildman–Crippen LogP) is 1.32. The predicted molar refractivity (Wildman–Crippen MR) is 78.4 cm³/mol. The van der Waals surface area contributed by atoms with E-state index in [-0.39, 0.29) is 25.2 Å². The first-order valence-corrected chi connectivity index (χ1v) is 7.14. The first-order valence-electron chi connectivity index (χ1n) is 6.35. The van der Waals surface area contributed by atoms with Gasteiger partial charge < -0.3 is 20.6 Å². The molecule has 1 atom stereocenters. The van der Waals surface area contributed by atoms with Crippen molar-refractivity contribution in [1.82, 2.24) is 10.6 Å². The summed E-state index contributed by atoms with van der Waals surface area (Å²) in [5, 5.41) is 14.2. The number of urea groups is 1. The van der Waals surface area contributed by atoms with Crippen molar-refractivity contribution >= 4 is 27.6 Å². The van der Waals surface area contributed by atoms with E-state index >= 15 is 0 Å². The summed E-state index contributed by atoms with van der Waals surface area (Å²) < 4.78 is 1.07. The number of amides is 2. The molecule has 0 bridgehead atoms. The van der Waals surface area contributed by atoms with Crippen LogP contribution in [-0.4, -0.2) is 43.4 Å². The molecule has 1 aliphatic rings. The first kappa shape index (κ1) is 14.1. The van der Waals surface area contributed by atoms with E-state index in [1.165, 1.54) is 0 Å². The average Bonchev–Trinajstić information content (AvgIpc) is 2.85. The molecule has 5 nitrogen and oxygen atoms in total. The van der Waals surface area contributed by atoms with Gasteiger partial charge in [0.1, 0.15) is 0 Å². The van der Waals surface area contributed by atoms with Crippen LogP contribution in [0, 0.1) is 0 Å². The molecule has 2 amide bonds. The zero-order chi connectivity index (χ0) is 13.7. The lowest BCUT2D eigenvalue weighted by Crippen LogP contribution is -2.44. The molecule has 1 heterocycles. The minimum atomic E-state index is -0.215. The van der Waals surface area contributed by atoms with Crippen molar-refractivity contribution in [2.45, 2.75) is 12.5 Å². The molecular weight excluding hydrogens is 310 g/mol. The third kappa shape index (κ3) is 3.84. The van der Waals surface area contributed by atoms with E-state index in [4.69, 9.17) is 5.11 Å². The van der Waals surface area contributed by atoms with Gasteiger partial charge in [-0.2, -0.15) is 0 Å². The Hall–Kier alpha value is -1.27. The number of para-hydroxylation sites is 1. The monoisotopic (exact) mass is 327 g/mol. The fraction of sp³-hybridized carbons (Fsp3) is 0.462. The average molecular weight is 328 g/mol. The molecule has 104 valence electrons. The van der Waals surface area contributed by atoms with Crippen LogP contribution in [0.4, 0.5) is 10.5 Å². The van der Waals surface area contributed by atoms with Gasteiger partial charge >= 0.3 is 6.03 Å². The van der Waals surface area contributed by atoms with E-state index < -0.39 is 0 Å². The fourth-order valence-electron chi connectivity index (χ4n) is 2.21. The van der Waals surface area contributed by atoms with Crippen LogP contribution in [0.3, 0.4) is 0 Å². The van der Waals surface area contributed by atoms with Crippen LogP contribution in [0.2, 0.25) is 0 Å². The summed E-state index contributed by atoms with van der Waals surface area (Å²) in [5.41, 5.74) is 1.16. The van der Waals surface area contributed by atoms with Gasteiger partial charge in [-0.15, -0.1) is 0 Å². The van der Waals surface area contributed by atoms with E-state index in [0.717, 1.165) is 29.7 Å². The lowest BCUT2D eigenvalue weighted by atomic mass is 10.3. The van der Waals surface area contributed by atoms with Gasteiger partial charge in [0.2, 0.25) is 0 Å². The Kier molecular flexibility index (Phi) is 5.04. The molecule has 1 fully saturated rings. The highest BCUT2D eigenvalue weighted by molar-refractivity contribution is 9.10. The number of aliphatic hydroxyl groups excluding tert-OH is 1. The number of anilines is 1. The van der Waals surface area contributed by atoms with Crippen LogP contribution in [-0.2, 0) is 0 Å². The van der Waals surface area contributed by atoms with Crippen molar-refractivity contribution in [1.29, 1.82) is 0 Å². The smallest absolute Gasteiger partial charge is 0.315 e. The SMILES string of the molecule is O=C(NCCO)NC1CCN(c2ccccc2Br)C1. The van der Waals surface area contributed by atoms with Crippen LogP contribution in [0.25, 0.3) is 0 Å². The van der Waals surface area contributed by atoms with Crippen molar-refractivity contribution in [3.63, 3.8) is 0 Å². The zero-order valence-electron chi connectivity index (χ0n) is 10.6. The molecule has 3 N–H and O–H groups in total. The van der Waals surface area contributed by atoms with Gasteiger partial charge in [0.15, 0.2) is 0 Å². The van der Waals surface area contributed by atoms with Crippen molar-refractivity contribution in [2.24, 2.45) is 0 Å². The van der Waals surface area contributed by atoms with E-state index in [1.807, 2.05) is 18.2 Å². The van der Waals surface area contributed by atoms with Gasteiger partial charge in [-0.25, -0.2) is 4.79 Å². The minimum absolute atomic E-state index is 0.0405. The second-order valence-corrected chi connectivity index (χ2v) is 5.36. The molecule has 1 aromatic carbocycles. The van der Waals surface area contributed by atoms with E-state index in [9.17, 15) is 4.79 Å². The summed E-state index contributed by atoms with van der Waals surface area (Å²) in [6.07, 6.45) is 0.924. The number of rotatable bonds is 4. The second-order valence-electron chi connectivity index (χ2n) is 4.51. The Balaban J connectivity index is 1.86.